The van der Waals surface area contributed by atoms with Crippen molar-refractivity contribution in [3.63, 3.8) is 0 Å². The third-order valence-corrected chi connectivity index (χ3v) is 2.30. The lowest BCUT2D eigenvalue weighted by Crippen LogP contribution is -2.34. The van der Waals surface area contributed by atoms with Gasteiger partial charge in [-0.1, -0.05) is 0 Å². The van der Waals surface area contributed by atoms with Crippen molar-refractivity contribution in [3.8, 4) is 5.75 Å². The lowest BCUT2D eigenvalue weighted by atomic mass is 10.0. The van der Waals surface area contributed by atoms with Gasteiger partial charge in [0.1, 0.15) is 11.8 Å². The van der Waals surface area contributed by atoms with Crippen molar-refractivity contribution in [2.24, 2.45) is 5.73 Å². The molecule has 6 heteroatoms. The molecule has 4 nitrogen and oxygen atoms in total. The van der Waals surface area contributed by atoms with E-state index in [2.05, 4.69) is 4.74 Å². The first-order chi connectivity index (χ1) is 8.01. The van der Waals surface area contributed by atoms with Crippen molar-refractivity contribution < 1.29 is 23.0 Å². The van der Waals surface area contributed by atoms with Gasteiger partial charge >= 0.3 is 5.97 Å². The highest BCUT2D eigenvalue weighted by atomic mass is 19.2. The Hall–Kier alpha value is -1.69. The molecule has 1 unspecified atom stereocenters. The highest BCUT2D eigenvalue weighted by molar-refractivity contribution is 5.75. The number of carbonyl (C=O) groups is 1. The first-order valence-corrected chi connectivity index (χ1v) is 4.85. The number of benzene rings is 1. The molecule has 2 N–H and O–H groups in total. The van der Waals surface area contributed by atoms with Crippen molar-refractivity contribution in [2.45, 2.75) is 12.5 Å². The quantitative estimate of drug-likeness (QED) is 0.804. The van der Waals surface area contributed by atoms with Crippen molar-refractivity contribution in [2.75, 3.05) is 14.2 Å². The Morgan fingerprint density at radius 2 is 2.06 bits per heavy atom. The molecule has 1 aromatic carbocycles. The van der Waals surface area contributed by atoms with Crippen LogP contribution >= 0.6 is 0 Å². The number of nitrogens with two attached hydrogens (primary N) is 1. The summed E-state index contributed by atoms with van der Waals surface area (Å²) in [4.78, 5) is 11.1. The summed E-state index contributed by atoms with van der Waals surface area (Å²) < 4.78 is 35.8. The van der Waals surface area contributed by atoms with Crippen LogP contribution in [0.15, 0.2) is 12.1 Å². The van der Waals surface area contributed by atoms with E-state index in [1.165, 1.54) is 20.3 Å². The Kier molecular flexibility index (Phi) is 4.39. The average Bonchev–Trinajstić information content (AvgIpc) is 2.34. The summed E-state index contributed by atoms with van der Waals surface area (Å²) in [7, 11) is 2.49. The molecule has 0 heterocycles. The fourth-order valence-electron chi connectivity index (χ4n) is 1.41. The third-order valence-electron chi connectivity index (χ3n) is 2.30. The van der Waals surface area contributed by atoms with Crippen LogP contribution in [0.5, 0.6) is 5.75 Å². The molecule has 0 saturated carbocycles. The molecule has 0 aromatic heterocycles. The highest BCUT2D eigenvalue weighted by Gasteiger charge is 2.21. The molecule has 17 heavy (non-hydrogen) atoms. The molecule has 0 fully saturated rings. The summed E-state index contributed by atoms with van der Waals surface area (Å²) in [5.41, 5.74) is 5.40. The monoisotopic (exact) mass is 245 g/mol. The Bertz CT molecular complexity index is 423. The zero-order valence-electron chi connectivity index (χ0n) is 9.50. The van der Waals surface area contributed by atoms with E-state index in [0.717, 1.165) is 6.07 Å². The number of esters is 1. The molecular formula is C11H13F2NO3. The zero-order valence-corrected chi connectivity index (χ0v) is 9.50. The molecule has 0 bridgehead atoms. The largest absolute Gasteiger partial charge is 0.496 e. The van der Waals surface area contributed by atoms with Gasteiger partial charge < -0.3 is 15.2 Å². The van der Waals surface area contributed by atoms with Crippen LogP contribution in [0.1, 0.15) is 5.56 Å². The van der Waals surface area contributed by atoms with Crippen molar-refractivity contribution >= 4 is 5.97 Å². The lowest BCUT2D eigenvalue weighted by molar-refractivity contribution is -0.142. The van der Waals surface area contributed by atoms with Crippen LogP contribution in [0.3, 0.4) is 0 Å². The summed E-state index contributed by atoms with van der Waals surface area (Å²) in [6, 6.07) is 1.16. The Labute approximate surface area is 97.3 Å². The van der Waals surface area contributed by atoms with Gasteiger partial charge in [0.25, 0.3) is 0 Å². The molecule has 0 saturated heterocycles. The maximum absolute atomic E-state index is 13.5. The standard InChI is InChI=1S/C11H13F2NO3/c1-16-9-4-3-7(12)10(13)6(9)5-8(14)11(15)17-2/h3-4,8H,5,14H2,1-2H3. The van der Waals surface area contributed by atoms with Gasteiger partial charge in [-0.15, -0.1) is 0 Å². The summed E-state index contributed by atoms with van der Waals surface area (Å²) in [5, 5.41) is 0. The Morgan fingerprint density at radius 3 is 2.59 bits per heavy atom. The van der Waals surface area contributed by atoms with Crippen LogP contribution in [0, 0.1) is 11.6 Å². The number of rotatable bonds is 4. The molecule has 0 radical (unpaired) electrons. The van der Waals surface area contributed by atoms with Crippen molar-refractivity contribution in [1.82, 2.24) is 0 Å². The molecule has 0 aliphatic rings. The van der Waals surface area contributed by atoms with Crippen LogP contribution in [0.4, 0.5) is 8.78 Å². The van der Waals surface area contributed by atoms with Gasteiger partial charge in [0.05, 0.1) is 14.2 Å². The number of carbonyl (C=O) groups excluding carboxylic acids is 1. The van der Waals surface area contributed by atoms with E-state index in [9.17, 15) is 13.6 Å². The molecule has 0 aliphatic carbocycles. The first-order valence-electron chi connectivity index (χ1n) is 4.85. The SMILES string of the molecule is COC(=O)C(N)Cc1c(OC)ccc(F)c1F. The number of methoxy groups -OCH3 is 2. The fourth-order valence-corrected chi connectivity index (χ4v) is 1.41. The smallest absolute Gasteiger partial charge is 0.322 e. The van der Waals surface area contributed by atoms with Gasteiger partial charge in [-0.25, -0.2) is 8.78 Å². The van der Waals surface area contributed by atoms with Gasteiger partial charge in [-0.3, -0.25) is 4.79 Å². The van der Waals surface area contributed by atoms with Crippen LogP contribution in [0.25, 0.3) is 0 Å². The summed E-state index contributed by atoms with van der Waals surface area (Å²) in [5.74, 6) is -2.64. The van der Waals surface area contributed by atoms with Crippen LogP contribution in [-0.4, -0.2) is 26.2 Å². The number of hydrogen-bond donors (Lipinski definition) is 1. The highest BCUT2D eigenvalue weighted by Crippen LogP contribution is 2.24. The summed E-state index contributed by atoms with van der Waals surface area (Å²) in [6.45, 7) is 0. The number of halogens is 2. The number of hydrogen-bond acceptors (Lipinski definition) is 4. The fraction of sp³-hybridized carbons (Fsp3) is 0.364. The molecule has 0 aliphatic heterocycles. The van der Waals surface area contributed by atoms with Gasteiger partial charge in [-0.05, 0) is 12.1 Å². The van der Waals surface area contributed by atoms with Gasteiger partial charge in [-0.2, -0.15) is 0 Å². The Morgan fingerprint density at radius 1 is 1.41 bits per heavy atom. The zero-order chi connectivity index (χ0) is 13.0. The molecular weight excluding hydrogens is 232 g/mol. The second-order valence-corrected chi connectivity index (χ2v) is 3.38. The van der Waals surface area contributed by atoms with E-state index >= 15 is 0 Å². The van der Waals surface area contributed by atoms with Gasteiger partial charge in [0, 0.05) is 12.0 Å². The Balaban J connectivity index is 3.04. The molecule has 1 rings (SSSR count). The van der Waals surface area contributed by atoms with Crippen molar-refractivity contribution in [3.05, 3.63) is 29.3 Å². The lowest BCUT2D eigenvalue weighted by Gasteiger charge is -2.13. The normalized spacial score (nSPS) is 12.1. The second kappa shape index (κ2) is 5.58. The first kappa shape index (κ1) is 13.4. The van der Waals surface area contributed by atoms with E-state index in [0.29, 0.717) is 0 Å². The molecule has 1 aromatic rings. The van der Waals surface area contributed by atoms with E-state index in [1.807, 2.05) is 0 Å². The van der Waals surface area contributed by atoms with Crippen LogP contribution in [-0.2, 0) is 16.0 Å². The van der Waals surface area contributed by atoms with Gasteiger partial charge in [0.2, 0.25) is 0 Å². The maximum atomic E-state index is 13.5. The predicted molar refractivity (Wildman–Crippen MR) is 56.6 cm³/mol. The summed E-state index contributed by atoms with van der Waals surface area (Å²) in [6.07, 6.45) is -0.195. The van der Waals surface area contributed by atoms with E-state index in [4.69, 9.17) is 10.5 Å². The predicted octanol–water partition coefficient (Wildman–Crippen LogP) is 1.02. The van der Waals surface area contributed by atoms with E-state index in [-0.39, 0.29) is 17.7 Å². The second-order valence-electron chi connectivity index (χ2n) is 3.38. The minimum absolute atomic E-state index is 0.0783. The molecule has 94 valence electrons. The van der Waals surface area contributed by atoms with Gasteiger partial charge in [0.15, 0.2) is 11.6 Å². The third kappa shape index (κ3) is 2.91. The average molecular weight is 245 g/mol. The van der Waals surface area contributed by atoms with Crippen LogP contribution in [0.2, 0.25) is 0 Å². The topological polar surface area (TPSA) is 61.5 Å². The summed E-state index contributed by atoms with van der Waals surface area (Å²) >= 11 is 0. The molecule has 0 spiro atoms. The van der Waals surface area contributed by atoms with Crippen LogP contribution < -0.4 is 10.5 Å². The molecule has 0 amide bonds. The maximum Gasteiger partial charge on any atom is 0.322 e. The molecule has 1 atom stereocenters. The minimum Gasteiger partial charge on any atom is -0.496 e. The van der Waals surface area contributed by atoms with E-state index in [1.54, 1.807) is 0 Å². The number of ether oxygens (including phenoxy) is 2. The minimum atomic E-state index is -1.07. The van der Waals surface area contributed by atoms with E-state index < -0.39 is 23.6 Å². The van der Waals surface area contributed by atoms with Crippen molar-refractivity contribution in [1.29, 1.82) is 0 Å².